The van der Waals surface area contributed by atoms with Crippen molar-refractivity contribution in [3.8, 4) is 23.0 Å². The lowest BCUT2D eigenvalue weighted by Gasteiger charge is -2.14. The van der Waals surface area contributed by atoms with E-state index in [1.807, 2.05) is 31.2 Å². The third-order valence-corrected chi connectivity index (χ3v) is 3.87. The highest BCUT2D eigenvalue weighted by atomic mass is 16.5. The van der Waals surface area contributed by atoms with Crippen LogP contribution in [0.2, 0.25) is 0 Å². The number of rotatable bonds is 9. The highest BCUT2D eigenvalue weighted by Crippen LogP contribution is 2.35. The van der Waals surface area contributed by atoms with Crippen LogP contribution in [0.5, 0.6) is 23.0 Å². The standard InChI is InChI=1S/C22H24O6/c1-5-21(24)28-20-14-17(25-3)13-19(26-4)22(20)18(23)12-9-15-7-10-16(11-8-15)27-6-2/h7-14H,5-6H2,1-4H3/b12-9+. The van der Waals surface area contributed by atoms with Gasteiger partial charge in [-0.1, -0.05) is 25.1 Å². The van der Waals surface area contributed by atoms with Crippen LogP contribution in [0.25, 0.3) is 6.08 Å². The molecular weight excluding hydrogens is 360 g/mol. The predicted molar refractivity (Wildman–Crippen MR) is 106 cm³/mol. The van der Waals surface area contributed by atoms with Crippen LogP contribution >= 0.6 is 0 Å². The Morgan fingerprint density at radius 2 is 1.61 bits per heavy atom. The van der Waals surface area contributed by atoms with Gasteiger partial charge in [-0.15, -0.1) is 0 Å². The molecule has 0 saturated heterocycles. The summed E-state index contributed by atoms with van der Waals surface area (Å²) in [5, 5.41) is 0. The maximum absolute atomic E-state index is 12.8. The lowest BCUT2D eigenvalue weighted by Crippen LogP contribution is -2.10. The Hall–Kier alpha value is -3.28. The van der Waals surface area contributed by atoms with Crippen molar-refractivity contribution in [2.45, 2.75) is 20.3 Å². The van der Waals surface area contributed by atoms with Crippen LogP contribution in [0.4, 0.5) is 0 Å². The Balaban J connectivity index is 2.35. The van der Waals surface area contributed by atoms with Crippen molar-refractivity contribution in [2.75, 3.05) is 20.8 Å². The highest BCUT2D eigenvalue weighted by molar-refractivity contribution is 6.11. The summed E-state index contributed by atoms with van der Waals surface area (Å²) in [5.41, 5.74) is 0.990. The minimum atomic E-state index is -0.458. The smallest absolute Gasteiger partial charge is 0.310 e. The van der Waals surface area contributed by atoms with Crippen molar-refractivity contribution in [1.82, 2.24) is 0 Å². The zero-order valence-corrected chi connectivity index (χ0v) is 16.5. The lowest BCUT2D eigenvalue weighted by atomic mass is 10.1. The molecule has 0 radical (unpaired) electrons. The first-order chi connectivity index (χ1) is 13.5. The summed E-state index contributed by atoms with van der Waals surface area (Å²) in [6, 6.07) is 10.4. The number of benzene rings is 2. The summed E-state index contributed by atoms with van der Waals surface area (Å²) in [5.74, 6) is 0.732. The molecule has 0 aliphatic carbocycles. The highest BCUT2D eigenvalue weighted by Gasteiger charge is 2.20. The van der Waals surface area contributed by atoms with Crippen LogP contribution in [-0.4, -0.2) is 32.6 Å². The van der Waals surface area contributed by atoms with E-state index in [1.165, 1.54) is 26.4 Å². The van der Waals surface area contributed by atoms with Crippen LogP contribution in [0.3, 0.4) is 0 Å². The number of ether oxygens (including phenoxy) is 4. The fraction of sp³-hybridized carbons (Fsp3) is 0.273. The molecule has 0 N–H and O–H groups in total. The van der Waals surface area contributed by atoms with Gasteiger partial charge in [-0.25, -0.2) is 0 Å². The van der Waals surface area contributed by atoms with Gasteiger partial charge in [0.05, 0.1) is 20.8 Å². The van der Waals surface area contributed by atoms with Gasteiger partial charge in [0.15, 0.2) is 5.78 Å². The van der Waals surface area contributed by atoms with Gasteiger partial charge in [-0.3, -0.25) is 9.59 Å². The summed E-state index contributed by atoms with van der Waals surface area (Å²) in [6.07, 6.45) is 3.26. The summed E-state index contributed by atoms with van der Waals surface area (Å²) in [6.45, 7) is 4.18. The summed E-state index contributed by atoms with van der Waals surface area (Å²) in [4.78, 5) is 24.6. The molecule has 2 aromatic rings. The summed E-state index contributed by atoms with van der Waals surface area (Å²) in [7, 11) is 2.92. The van der Waals surface area contributed by atoms with E-state index in [4.69, 9.17) is 18.9 Å². The molecule has 2 rings (SSSR count). The number of allylic oxidation sites excluding steroid dienone is 1. The van der Waals surface area contributed by atoms with Gasteiger partial charge in [0, 0.05) is 18.6 Å². The molecule has 2 aromatic carbocycles. The zero-order chi connectivity index (χ0) is 20.5. The second-order valence-corrected chi connectivity index (χ2v) is 5.73. The van der Waals surface area contributed by atoms with Gasteiger partial charge in [-0.2, -0.15) is 0 Å². The molecule has 0 aromatic heterocycles. The Morgan fingerprint density at radius 1 is 0.929 bits per heavy atom. The maximum Gasteiger partial charge on any atom is 0.310 e. The molecule has 0 amide bonds. The Morgan fingerprint density at radius 3 is 2.18 bits per heavy atom. The molecule has 0 bridgehead atoms. The lowest BCUT2D eigenvalue weighted by molar-refractivity contribution is -0.134. The predicted octanol–water partition coefficient (Wildman–Crippen LogP) is 4.31. The second kappa shape index (κ2) is 10.2. The van der Waals surface area contributed by atoms with E-state index in [9.17, 15) is 9.59 Å². The molecule has 0 unspecified atom stereocenters. The quantitative estimate of drug-likeness (QED) is 0.278. The van der Waals surface area contributed by atoms with E-state index >= 15 is 0 Å². The molecule has 0 spiro atoms. The van der Waals surface area contributed by atoms with Crippen molar-refractivity contribution in [2.24, 2.45) is 0 Å². The third kappa shape index (κ3) is 5.36. The molecule has 0 aliphatic heterocycles. The van der Waals surface area contributed by atoms with Gasteiger partial charge >= 0.3 is 5.97 Å². The monoisotopic (exact) mass is 384 g/mol. The first kappa shape index (κ1) is 21.0. The van der Waals surface area contributed by atoms with E-state index in [2.05, 4.69) is 0 Å². The number of ketones is 1. The van der Waals surface area contributed by atoms with Crippen LogP contribution in [0, 0.1) is 0 Å². The van der Waals surface area contributed by atoms with Gasteiger partial charge in [-0.05, 0) is 30.7 Å². The molecule has 0 heterocycles. The topological polar surface area (TPSA) is 71.1 Å². The number of carbonyl (C=O) groups excluding carboxylic acids is 2. The largest absolute Gasteiger partial charge is 0.496 e. The van der Waals surface area contributed by atoms with E-state index in [1.54, 1.807) is 19.1 Å². The fourth-order valence-corrected chi connectivity index (χ4v) is 2.46. The molecule has 6 nitrogen and oxygen atoms in total. The van der Waals surface area contributed by atoms with Gasteiger partial charge in [0.2, 0.25) is 0 Å². The number of hydrogen-bond donors (Lipinski definition) is 0. The van der Waals surface area contributed by atoms with Crippen molar-refractivity contribution < 1.29 is 28.5 Å². The SMILES string of the molecule is CCOc1ccc(/C=C/C(=O)c2c(OC)cc(OC)cc2OC(=O)CC)cc1. The van der Waals surface area contributed by atoms with Crippen LogP contribution in [0.1, 0.15) is 36.2 Å². The van der Waals surface area contributed by atoms with E-state index < -0.39 is 5.97 Å². The Labute approximate surface area is 164 Å². The van der Waals surface area contributed by atoms with E-state index in [0.29, 0.717) is 12.4 Å². The van der Waals surface area contributed by atoms with Crippen LogP contribution in [-0.2, 0) is 4.79 Å². The minimum Gasteiger partial charge on any atom is -0.496 e. The van der Waals surface area contributed by atoms with Crippen molar-refractivity contribution >= 4 is 17.8 Å². The number of esters is 1. The molecule has 28 heavy (non-hydrogen) atoms. The molecule has 0 aliphatic rings. The number of hydrogen-bond acceptors (Lipinski definition) is 6. The molecule has 0 fully saturated rings. The zero-order valence-electron chi connectivity index (χ0n) is 16.5. The molecule has 0 saturated carbocycles. The van der Waals surface area contributed by atoms with Crippen LogP contribution < -0.4 is 18.9 Å². The van der Waals surface area contributed by atoms with Gasteiger partial charge in [0.1, 0.15) is 28.6 Å². The summed E-state index contributed by atoms with van der Waals surface area (Å²) >= 11 is 0. The third-order valence-electron chi connectivity index (χ3n) is 3.87. The number of methoxy groups -OCH3 is 2. The van der Waals surface area contributed by atoms with Crippen molar-refractivity contribution in [3.05, 3.63) is 53.6 Å². The van der Waals surface area contributed by atoms with Crippen molar-refractivity contribution in [3.63, 3.8) is 0 Å². The Bertz CT molecular complexity index is 852. The van der Waals surface area contributed by atoms with Gasteiger partial charge < -0.3 is 18.9 Å². The average Bonchev–Trinajstić information content (AvgIpc) is 2.72. The van der Waals surface area contributed by atoms with Crippen LogP contribution in [0.15, 0.2) is 42.5 Å². The first-order valence-corrected chi connectivity index (χ1v) is 8.94. The second-order valence-electron chi connectivity index (χ2n) is 5.73. The molecule has 6 heteroatoms. The molecule has 0 atom stereocenters. The summed E-state index contributed by atoms with van der Waals surface area (Å²) < 4.78 is 21.2. The fourth-order valence-electron chi connectivity index (χ4n) is 2.46. The normalized spacial score (nSPS) is 10.6. The average molecular weight is 384 g/mol. The Kier molecular flexibility index (Phi) is 7.63. The maximum atomic E-state index is 12.8. The first-order valence-electron chi connectivity index (χ1n) is 8.94. The van der Waals surface area contributed by atoms with Gasteiger partial charge in [0.25, 0.3) is 0 Å². The number of carbonyl (C=O) groups is 2. The minimum absolute atomic E-state index is 0.101. The van der Waals surface area contributed by atoms with E-state index in [0.717, 1.165) is 11.3 Å². The molecular formula is C22H24O6. The molecule has 148 valence electrons. The van der Waals surface area contributed by atoms with Crippen molar-refractivity contribution in [1.29, 1.82) is 0 Å². The van der Waals surface area contributed by atoms with E-state index in [-0.39, 0.29) is 29.3 Å².